The van der Waals surface area contributed by atoms with Crippen LogP contribution in [0, 0.1) is 0 Å². The molecule has 0 aromatic rings. The molecule has 0 aliphatic carbocycles. The van der Waals surface area contributed by atoms with Gasteiger partial charge in [0.1, 0.15) is 0 Å². The van der Waals surface area contributed by atoms with Crippen LogP contribution in [0.4, 0.5) is 0 Å². The van der Waals surface area contributed by atoms with Gasteiger partial charge >= 0.3 is 0 Å². The predicted molar refractivity (Wildman–Crippen MR) is 48.6 cm³/mol. The Morgan fingerprint density at radius 3 is 3.00 bits per heavy atom. The number of hydrogen-bond donors (Lipinski definition) is 0. The van der Waals surface area contributed by atoms with Gasteiger partial charge in [-0.1, -0.05) is 25.5 Å². The molecule has 0 fully saturated rings. The Labute approximate surface area is 70.9 Å². The average molecular weight is 173 g/mol. The topological polar surface area (TPSA) is 20.3 Å². The van der Waals surface area contributed by atoms with E-state index in [2.05, 4.69) is 13.0 Å². The van der Waals surface area contributed by atoms with E-state index in [9.17, 15) is 4.21 Å². The average Bonchev–Trinajstić information content (AvgIpc) is 2.03. The van der Waals surface area contributed by atoms with E-state index in [1.54, 1.807) is 0 Å². The minimum Gasteiger partial charge on any atom is -0.242 e. The van der Waals surface area contributed by atoms with Crippen molar-refractivity contribution in [3.8, 4) is 0 Å². The highest BCUT2D eigenvalue weighted by atomic mass is 32.2. The van der Waals surface area contributed by atoms with Crippen LogP contribution in [-0.4, -0.2) is 27.4 Å². The molecule has 0 spiro atoms. The fraction of sp³-hybridized carbons (Fsp3) is 0.750. The Morgan fingerprint density at radius 2 is 2.36 bits per heavy atom. The minimum atomic E-state index is -0.733. The highest BCUT2D eigenvalue weighted by Crippen LogP contribution is 2.04. The first-order chi connectivity index (χ1) is 5.34. The fourth-order valence-corrected chi connectivity index (χ4v) is 2.16. The molecule has 0 radical (unpaired) electrons. The van der Waals surface area contributed by atoms with E-state index in [0.29, 0.717) is 5.75 Å². The van der Waals surface area contributed by atoms with E-state index in [0.717, 1.165) is 19.5 Å². The standard InChI is InChI=1S/C8H15NOS/c1-2-3-6-9-7-4-5-8-11(9)10/h4-5H,2-3,6-8H2,1H3. The zero-order chi connectivity index (χ0) is 8.10. The second-order valence-corrected chi connectivity index (χ2v) is 4.19. The van der Waals surface area contributed by atoms with Gasteiger partial charge in [0.15, 0.2) is 0 Å². The van der Waals surface area contributed by atoms with Crippen molar-refractivity contribution in [2.45, 2.75) is 19.8 Å². The summed E-state index contributed by atoms with van der Waals surface area (Å²) in [4.78, 5) is 0. The van der Waals surface area contributed by atoms with Crippen molar-refractivity contribution in [2.75, 3.05) is 18.8 Å². The molecule has 0 saturated heterocycles. The maximum absolute atomic E-state index is 11.3. The van der Waals surface area contributed by atoms with E-state index < -0.39 is 11.0 Å². The summed E-state index contributed by atoms with van der Waals surface area (Å²) in [6, 6.07) is 0. The van der Waals surface area contributed by atoms with Gasteiger partial charge in [-0.3, -0.25) is 0 Å². The normalized spacial score (nSPS) is 25.7. The van der Waals surface area contributed by atoms with E-state index >= 15 is 0 Å². The van der Waals surface area contributed by atoms with Crippen LogP contribution in [-0.2, 0) is 11.0 Å². The lowest BCUT2D eigenvalue weighted by atomic mass is 10.3. The lowest BCUT2D eigenvalue weighted by Crippen LogP contribution is -2.31. The molecule has 1 atom stereocenters. The third-order valence-electron chi connectivity index (χ3n) is 1.76. The van der Waals surface area contributed by atoms with Crippen molar-refractivity contribution >= 4 is 11.0 Å². The van der Waals surface area contributed by atoms with Crippen LogP contribution in [0.1, 0.15) is 19.8 Å². The van der Waals surface area contributed by atoms with Crippen LogP contribution in [0.15, 0.2) is 12.2 Å². The van der Waals surface area contributed by atoms with Crippen LogP contribution < -0.4 is 0 Å². The van der Waals surface area contributed by atoms with Crippen molar-refractivity contribution in [3.63, 3.8) is 0 Å². The molecule has 0 aromatic carbocycles. The molecule has 1 rings (SSSR count). The van der Waals surface area contributed by atoms with Crippen LogP contribution in [0.2, 0.25) is 0 Å². The van der Waals surface area contributed by atoms with Crippen molar-refractivity contribution in [2.24, 2.45) is 0 Å². The van der Waals surface area contributed by atoms with Gasteiger partial charge in [0.05, 0.1) is 16.7 Å². The Balaban J connectivity index is 2.32. The van der Waals surface area contributed by atoms with Gasteiger partial charge in [0, 0.05) is 13.1 Å². The Morgan fingerprint density at radius 1 is 1.55 bits per heavy atom. The first-order valence-electron chi connectivity index (χ1n) is 4.13. The summed E-state index contributed by atoms with van der Waals surface area (Å²) in [7, 11) is -0.733. The molecule has 0 bridgehead atoms. The van der Waals surface area contributed by atoms with Gasteiger partial charge in [-0.15, -0.1) is 0 Å². The summed E-state index contributed by atoms with van der Waals surface area (Å²) >= 11 is 0. The highest BCUT2D eigenvalue weighted by molar-refractivity contribution is 7.82. The monoisotopic (exact) mass is 173 g/mol. The number of hydrogen-bond acceptors (Lipinski definition) is 1. The van der Waals surface area contributed by atoms with E-state index in [4.69, 9.17) is 0 Å². The number of unbranched alkanes of at least 4 members (excludes halogenated alkanes) is 1. The molecular formula is C8H15NOS. The predicted octanol–water partition coefficient (Wildman–Crippen LogP) is 1.32. The molecule has 0 aromatic heterocycles. The summed E-state index contributed by atoms with van der Waals surface area (Å²) in [5, 5.41) is 0. The Kier molecular flexibility index (Phi) is 3.80. The maximum Gasteiger partial charge on any atom is 0.0984 e. The van der Waals surface area contributed by atoms with E-state index in [1.165, 1.54) is 6.42 Å². The summed E-state index contributed by atoms with van der Waals surface area (Å²) < 4.78 is 13.3. The number of rotatable bonds is 3. The van der Waals surface area contributed by atoms with E-state index in [1.807, 2.05) is 10.4 Å². The molecule has 64 valence electrons. The quantitative estimate of drug-likeness (QED) is 0.589. The molecular weight excluding hydrogens is 158 g/mol. The van der Waals surface area contributed by atoms with Crippen molar-refractivity contribution in [1.82, 2.24) is 4.31 Å². The van der Waals surface area contributed by atoms with Gasteiger partial charge in [-0.2, -0.15) is 0 Å². The molecule has 2 nitrogen and oxygen atoms in total. The lowest BCUT2D eigenvalue weighted by Gasteiger charge is -2.21. The smallest absolute Gasteiger partial charge is 0.0984 e. The molecule has 0 N–H and O–H groups in total. The maximum atomic E-state index is 11.3. The van der Waals surface area contributed by atoms with Crippen LogP contribution >= 0.6 is 0 Å². The molecule has 1 unspecified atom stereocenters. The lowest BCUT2D eigenvalue weighted by molar-refractivity contribution is 0.467. The van der Waals surface area contributed by atoms with Gasteiger partial charge in [0.2, 0.25) is 0 Å². The molecule has 1 aliphatic rings. The van der Waals surface area contributed by atoms with E-state index in [-0.39, 0.29) is 0 Å². The molecule has 1 heterocycles. The zero-order valence-electron chi connectivity index (χ0n) is 6.95. The number of nitrogens with zero attached hydrogens (tertiary/aromatic N) is 1. The van der Waals surface area contributed by atoms with Gasteiger partial charge < -0.3 is 0 Å². The third kappa shape index (κ3) is 2.75. The Bertz CT molecular complexity index is 167. The first kappa shape index (κ1) is 8.94. The van der Waals surface area contributed by atoms with Gasteiger partial charge in [0.25, 0.3) is 0 Å². The molecule has 0 amide bonds. The highest BCUT2D eigenvalue weighted by Gasteiger charge is 2.12. The molecule has 0 saturated carbocycles. The van der Waals surface area contributed by atoms with Crippen molar-refractivity contribution in [1.29, 1.82) is 0 Å². The van der Waals surface area contributed by atoms with Gasteiger partial charge in [-0.05, 0) is 6.42 Å². The second-order valence-electron chi connectivity index (χ2n) is 2.70. The first-order valence-corrected chi connectivity index (χ1v) is 5.40. The zero-order valence-corrected chi connectivity index (χ0v) is 7.77. The van der Waals surface area contributed by atoms with Crippen molar-refractivity contribution in [3.05, 3.63) is 12.2 Å². The summed E-state index contributed by atoms with van der Waals surface area (Å²) in [6.45, 7) is 4.00. The van der Waals surface area contributed by atoms with Crippen molar-refractivity contribution < 1.29 is 4.21 Å². The third-order valence-corrected chi connectivity index (χ3v) is 3.15. The molecule has 3 heteroatoms. The molecule has 11 heavy (non-hydrogen) atoms. The largest absolute Gasteiger partial charge is 0.242 e. The van der Waals surface area contributed by atoms with Gasteiger partial charge in [-0.25, -0.2) is 8.51 Å². The Hall–Kier alpha value is -0.150. The SMILES string of the molecule is CCCCN1CC=CCS1=O. The fourth-order valence-electron chi connectivity index (χ4n) is 1.06. The summed E-state index contributed by atoms with van der Waals surface area (Å²) in [6.07, 6.45) is 6.42. The van der Waals surface area contributed by atoms with Crippen LogP contribution in [0.3, 0.4) is 0 Å². The second kappa shape index (κ2) is 4.67. The van der Waals surface area contributed by atoms with Crippen LogP contribution in [0.25, 0.3) is 0 Å². The van der Waals surface area contributed by atoms with Crippen LogP contribution in [0.5, 0.6) is 0 Å². The molecule has 1 aliphatic heterocycles. The minimum absolute atomic E-state index is 0.712. The summed E-state index contributed by atoms with van der Waals surface area (Å²) in [5.41, 5.74) is 0. The summed E-state index contributed by atoms with van der Waals surface area (Å²) in [5.74, 6) is 0.712.